The highest BCUT2D eigenvalue weighted by molar-refractivity contribution is 7.98. The molecule has 1 aromatic carbocycles. The topological polar surface area (TPSA) is 42.2 Å². The predicted octanol–water partition coefficient (Wildman–Crippen LogP) is 3.22. The number of hydrogen-bond donors (Lipinski definition) is 1. The van der Waals surface area contributed by atoms with Crippen molar-refractivity contribution in [3.05, 3.63) is 60.1 Å². The van der Waals surface area contributed by atoms with Crippen LogP contribution < -0.4 is 5.32 Å². The molecule has 1 amide bonds. The fourth-order valence-electron chi connectivity index (χ4n) is 1.62. The Morgan fingerprint density at radius 1 is 1.16 bits per heavy atom. The zero-order valence-electron chi connectivity index (χ0n) is 10.7. The van der Waals surface area contributed by atoms with Gasteiger partial charge in [-0.25, -0.2) is 0 Å². The van der Waals surface area contributed by atoms with Crippen LogP contribution in [0.5, 0.6) is 0 Å². The smallest absolute Gasteiger partial charge is 0.221 e. The molecule has 0 fully saturated rings. The third-order valence-corrected chi connectivity index (χ3v) is 3.66. The van der Waals surface area contributed by atoms with Gasteiger partial charge in [-0.15, -0.1) is 0 Å². The number of furan rings is 1. The second kappa shape index (κ2) is 7.69. The normalized spacial score (nSPS) is 10.3. The molecule has 0 spiro atoms. The van der Waals surface area contributed by atoms with Gasteiger partial charge in [0.2, 0.25) is 5.91 Å². The molecule has 2 aromatic rings. The van der Waals surface area contributed by atoms with Crippen molar-refractivity contribution in [2.45, 2.75) is 18.7 Å². The lowest BCUT2D eigenvalue weighted by Gasteiger charge is -2.03. The molecular weight excluding hydrogens is 258 g/mol. The van der Waals surface area contributed by atoms with Crippen LogP contribution in [0.2, 0.25) is 0 Å². The van der Waals surface area contributed by atoms with Crippen LogP contribution in [0.4, 0.5) is 0 Å². The van der Waals surface area contributed by atoms with E-state index in [0.29, 0.717) is 13.0 Å². The van der Waals surface area contributed by atoms with Gasteiger partial charge in [0.15, 0.2) is 0 Å². The lowest BCUT2D eigenvalue weighted by Crippen LogP contribution is -2.22. The molecule has 4 heteroatoms. The van der Waals surface area contributed by atoms with Crippen LogP contribution in [0.3, 0.4) is 0 Å². The molecule has 100 valence electrons. The summed E-state index contributed by atoms with van der Waals surface area (Å²) in [6, 6.07) is 13.9. The van der Waals surface area contributed by atoms with Crippen LogP contribution in [0, 0.1) is 0 Å². The summed E-state index contributed by atoms with van der Waals surface area (Å²) < 4.78 is 5.15. The number of thioether (sulfide) groups is 1. The largest absolute Gasteiger partial charge is 0.467 e. The van der Waals surface area contributed by atoms with Gasteiger partial charge in [0, 0.05) is 17.9 Å². The minimum Gasteiger partial charge on any atom is -0.467 e. The van der Waals surface area contributed by atoms with Crippen molar-refractivity contribution in [2.75, 3.05) is 5.75 Å². The van der Waals surface area contributed by atoms with Gasteiger partial charge in [0.1, 0.15) is 5.76 Å². The Hall–Kier alpha value is -1.68. The summed E-state index contributed by atoms with van der Waals surface area (Å²) in [5.74, 6) is 2.63. The first-order chi connectivity index (χ1) is 9.34. The molecule has 0 aliphatic carbocycles. The summed E-state index contributed by atoms with van der Waals surface area (Å²) in [4.78, 5) is 11.6. The molecule has 1 aromatic heterocycles. The van der Waals surface area contributed by atoms with E-state index in [0.717, 1.165) is 17.3 Å². The maximum absolute atomic E-state index is 11.6. The Balaban J connectivity index is 1.57. The van der Waals surface area contributed by atoms with Gasteiger partial charge in [-0.1, -0.05) is 30.3 Å². The molecule has 0 unspecified atom stereocenters. The van der Waals surface area contributed by atoms with Crippen molar-refractivity contribution in [3.8, 4) is 0 Å². The highest BCUT2D eigenvalue weighted by Gasteiger charge is 2.02. The lowest BCUT2D eigenvalue weighted by atomic mass is 10.2. The van der Waals surface area contributed by atoms with E-state index in [4.69, 9.17) is 4.42 Å². The average Bonchev–Trinajstić information content (AvgIpc) is 2.96. The summed E-state index contributed by atoms with van der Waals surface area (Å²) >= 11 is 1.77. The molecule has 0 aliphatic rings. The maximum Gasteiger partial charge on any atom is 0.221 e. The molecule has 0 bridgehead atoms. The summed E-state index contributed by atoms with van der Waals surface area (Å²) in [5.41, 5.74) is 1.29. The Kier molecular flexibility index (Phi) is 5.56. The standard InChI is InChI=1S/C15H17NO2S/c17-15(16-11-14-7-4-9-18-14)8-10-19-12-13-5-2-1-3-6-13/h1-7,9H,8,10-12H2,(H,16,17). The third kappa shape index (κ3) is 5.22. The first kappa shape index (κ1) is 13.7. The van der Waals surface area contributed by atoms with Gasteiger partial charge in [-0.3, -0.25) is 4.79 Å². The predicted molar refractivity (Wildman–Crippen MR) is 77.8 cm³/mol. The number of amides is 1. The number of carbonyl (C=O) groups excluding carboxylic acids is 1. The first-order valence-corrected chi connectivity index (χ1v) is 7.41. The van der Waals surface area contributed by atoms with Crippen LogP contribution in [-0.2, 0) is 17.1 Å². The second-order valence-electron chi connectivity index (χ2n) is 4.14. The molecule has 0 saturated carbocycles. The Morgan fingerprint density at radius 3 is 2.74 bits per heavy atom. The van der Waals surface area contributed by atoms with Gasteiger partial charge < -0.3 is 9.73 Å². The molecule has 0 saturated heterocycles. The second-order valence-corrected chi connectivity index (χ2v) is 5.25. The first-order valence-electron chi connectivity index (χ1n) is 6.25. The number of rotatable bonds is 7. The molecule has 1 heterocycles. The van der Waals surface area contributed by atoms with Gasteiger partial charge in [-0.2, -0.15) is 11.8 Å². The maximum atomic E-state index is 11.6. The number of nitrogens with one attached hydrogen (secondary N) is 1. The van der Waals surface area contributed by atoms with Crippen LogP contribution in [0.15, 0.2) is 53.1 Å². The van der Waals surface area contributed by atoms with Gasteiger partial charge in [-0.05, 0) is 17.7 Å². The van der Waals surface area contributed by atoms with Gasteiger partial charge in [0.25, 0.3) is 0 Å². The highest BCUT2D eigenvalue weighted by Crippen LogP contribution is 2.12. The van der Waals surface area contributed by atoms with Gasteiger partial charge in [0.05, 0.1) is 12.8 Å². The quantitative estimate of drug-likeness (QED) is 0.789. The summed E-state index contributed by atoms with van der Waals surface area (Å²) in [5, 5.41) is 2.84. The molecule has 1 N–H and O–H groups in total. The van der Waals surface area contributed by atoms with Gasteiger partial charge >= 0.3 is 0 Å². The van der Waals surface area contributed by atoms with Crippen molar-refractivity contribution in [3.63, 3.8) is 0 Å². The zero-order valence-corrected chi connectivity index (χ0v) is 11.5. The number of hydrogen-bond acceptors (Lipinski definition) is 3. The van der Waals surface area contributed by atoms with E-state index in [1.165, 1.54) is 5.56 Å². The highest BCUT2D eigenvalue weighted by atomic mass is 32.2. The summed E-state index contributed by atoms with van der Waals surface area (Å²) in [7, 11) is 0. The Morgan fingerprint density at radius 2 is 2.00 bits per heavy atom. The molecule has 2 rings (SSSR count). The van der Waals surface area contributed by atoms with Crippen molar-refractivity contribution < 1.29 is 9.21 Å². The van der Waals surface area contributed by atoms with E-state index in [9.17, 15) is 4.79 Å². The molecule has 19 heavy (non-hydrogen) atoms. The number of carbonyl (C=O) groups is 1. The Labute approximate surface area is 117 Å². The lowest BCUT2D eigenvalue weighted by molar-refractivity contribution is -0.120. The zero-order chi connectivity index (χ0) is 13.3. The third-order valence-electron chi connectivity index (χ3n) is 2.62. The van der Waals surface area contributed by atoms with E-state index in [1.54, 1.807) is 18.0 Å². The average molecular weight is 275 g/mol. The molecular formula is C15H17NO2S. The van der Waals surface area contributed by atoms with Crippen LogP contribution in [-0.4, -0.2) is 11.7 Å². The van der Waals surface area contributed by atoms with Crippen LogP contribution in [0.1, 0.15) is 17.7 Å². The van der Waals surface area contributed by atoms with Crippen molar-refractivity contribution in [2.24, 2.45) is 0 Å². The van der Waals surface area contributed by atoms with Crippen LogP contribution in [0.25, 0.3) is 0 Å². The number of benzene rings is 1. The van der Waals surface area contributed by atoms with E-state index in [-0.39, 0.29) is 5.91 Å². The van der Waals surface area contributed by atoms with Crippen molar-refractivity contribution >= 4 is 17.7 Å². The van der Waals surface area contributed by atoms with E-state index >= 15 is 0 Å². The molecule has 0 aliphatic heterocycles. The van der Waals surface area contributed by atoms with Crippen molar-refractivity contribution in [1.29, 1.82) is 0 Å². The molecule has 0 atom stereocenters. The van der Waals surface area contributed by atoms with Crippen molar-refractivity contribution in [1.82, 2.24) is 5.32 Å². The monoisotopic (exact) mass is 275 g/mol. The van der Waals surface area contributed by atoms with E-state index in [1.807, 2.05) is 30.3 Å². The fraction of sp³-hybridized carbons (Fsp3) is 0.267. The summed E-state index contributed by atoms with van der Waals surface area (Å²) in [6.07, 6.45) is 2.15. The van der Waals surface area contributed by atoms with Crippen LogP contribution >= 0.6 is 11.8 Å². The fourth-order valence-corrected chi connectivity index (χ4v) is 2.52. The SMILES string of the molecule is O=C(CCSCc1ccccc1)NCc1ccco1. The van der Waals surface area contributed by atoms with E-state index < -0.39 is 0 Å². The molecule has 3 nitrogen and oxygen atoms in total. The summed E-state index contributed by atoms with van der Waals surface area (Å²) in [6.45, 7) is 0.467. The van der Waals surface area contributed by atoms with E-state index in [2.05, 4.69) is 17.4 Å². The minimum absolute atomic E-state index is 0.0666. The molecule has 0 radical (unpaired) electrons. The Bertz CT molecular complexity index is 482. The minimum atomic E-state index is 0.0666.